The zero-order chi connectivity index (χ0) is 47.0. The molecule has 0 amide bonds. The first-order valence-electron chi connectivity index (χ1n) is 21.9. The van der Waals surface area contributed by atoms with Gasteiger partial charge in [-0.05, 0) is 158 Å². The van der Waals surface area contributed by atoms with Crippen LogP contribution in [0, 0.1) is 0 Å². The van der Waals surface area contributed by atoms with E-state index < -0.39 is 0 Å². The molecule has 0 rings (SSSR count). The van der Waals surface area contributed by atoms with Crippen molar-refractivity contribution >= 4 is 0 Å². The number of rotatable bonds is 3. The highest BCUT2D eigenvalue weighted by Gasteiger charge is 1.68. The number of hydrogen-bond donors (Lipinski definition) is 0. The summed E-state index contributed by atoms with van der Waals surface area (Å²) in [5.74, 6) is 0. The Morgan fingerprint density at radius 2 is 0.291 bits per heavy atom. The molecule has 0 unspecified atom stereocenters. The third-order valence-electron chi connectivity index (χ3n) is 4.17. The Morgan fingerprint density at radius 1 is 0.218 bits per heavy atom. The first kappa shape index (κ1) is 89.2. The lowest BCUT2D eigenvalue weighted by atomic mass is 10.3. The second-order valence-corrected chi connectivity index (χ2v) is 11.9. The monoisotopic (exact) mass is 777 g/mol. The van der Waals surface area contributed by atoms with Crippen molar-refractivity contribution in [2.75, 3.05) is 0 Å². The van der Waals surface area contributed by atoms with E-state index in [-0.39, 0.29) is 0 Å². The van der Waals surface area contributed by atoms with Crippen LogP contribution in [0.2, 0.25) is 0 Å². The van der Waals surface area contributed by atoms with Crippen molar-refractivity contribution in [3.05, 3.63) is 120 Å². The molecule has 0 spiro atoms. The maximum Gasteiger partial charge on any atom is -0.0377 e. The standard InChI is InChI=1S/3C6H12.7C4H8.3C3H8/c3*1-4-5-6(2)3;7*1-3-4-2;3*1-3-2/h3*5H,4H2,1-3H3;7*3-4H,1-2H3;3*3H2,1-2H3. The molecule has 0 aromatic heterocycles. The lowest BCUT2D eigenvalue weighted by molar-refractivity contribution is 1.09. The van der Waals surface area contributed by atoms with E-state index in [1.54, 1.807) is 0 Å². The minimum absolute atomic E-state index is 1.17. The molecule has 0 aromatic carbocycles. The van der Waals surface area contributed by atoms with Crippen LogP contribution < -0.4 is 0 Å². The van der Waals surface area contributed by atoms with Gasteiger partial charge in [0.15, 0.2) is 0 Å². The van der Waals surface area contributed by atoms with Gasteiger partial charge < -0.3 is 0 Å². The SMILES string of the molecule is CC=CC.CC=CC.CC=CC.CC=CC.CC=CC.CC=CC.CC=CC.CCC.CCC.CCC.CCC=C(C)C.CCC=C(C)C.CCC=C(C)C. The molecule has 0 aromatic rings. The zero-order valence-corrected chi connectivity index (χ0v) is 44.6. The van der Waals surface area contributed by atoms with Crippen LogP contribution in [-0.2, 0) is 0 Å². The molecule has 0 aliphatic heterocycles. The maximum atomic E-state index is 2.21. The molecule has 55 heavy (non-hydrogen) atoms. The fourth-order valence-electron chi connectivity index (χ4n) is 1.22. The summed E-state index contributed by atoms with van der Waals surface area (Å²) >= 11 is 0. The summed E-state index contributed by atoms with van der Waals surface area (Å²) in [4.78, 5) is 0. The summed E-state index contributed by atoms with van der Waals surface area (Å²) in [6.07, 6.45) is 41.9. The minimum Gasteiger partial charge on any atom is -0.0919 e. The van der Waals surface area contributed by atoms with Crippen LogP contribution in [0.4, 0.5) is 0 Å². The van der Waals surface area contributed by atoms with Gasteiger partial charge in [-0.15, -0.1) is 0 Å². The predicted molar refractivity (Wildman–Crippen MR) is 280 cm³/mol. The molecule has 0 aliphatic rings. The van der Waals surface area contributed by atoms with Crippen LogP contribution in [0.1, 0.15) is 239 Å². The van der Waals surface area contributed by atoms with E-state index in [0.717, 1.165) is 0 Å². The van der Waals surface area contributed by atoms with Crippen molar-refractivity contribution in [1.82, 2.24) is 0 Å². The van der Waals surface area contributed by atoms with Gasteiger partial charge in [0.2, 0.25) is 0 Å². The molecule has 0 saturated heterocycles. The maximum absolute atomic E-state index is 2.21. The molecule has 0 saturated carbocycles. The van der Waals surface area contributed by atoms with Gasteiger partial charge >= 0.3 is 0 Å². The first-order chi connectivity index (χ1) is 26.0. The fourth-order valence-corrected chi connectivity index (χ4v) is 1.22. The summed E-state index contributed by atoms with van der Waals surface area (Å²) in [5, 5.41) is 0. The molecule has 0 heterocycles. The summed E-state index contributed by atoms with van der Waals surface area (Å²) in [6.45, 7) is 59.9. The van der Waals surface area contributed by atoms with Gasteiger partial charge in [0, 0.05) is 0 Å². The van der Waals surface area contributed by atoms with Gasteiger partial charge in [-0.3, -0.25) is 0 Å². The molecule has 0 aliphatic carbocycles. The molecular formula is C55H116. The van der Waals surface area contributed by atoms with Gasteiger partial charge in [-0.2, -0.15) is 0 Å². The Morgan fingerprint density at radius 3 is 0.291 bits per heavy atom. The van der Waals surface area contributed by atoms with E-state index in [1.165, 1.54) is 55.2 Å². The van der Waals surface area contributed by atoms with Crippen LogP contribution in [0.5, 0.6) is 0 Å². The topological polar surface area (TPSA) is 0 Å². The molecular weight excluding hydrogens is 661 g/mol. The number of hydrogen-bond acceptors (Lipinski definition) is 0. The normalized spacial score (nSPS) is 8.38. The van der Waals surface area contributed by atoms with E-state index >= 15 is 0 Å². The van der Waals surface area contributed by atoms with Crippen LogP contribution in [-0.4, -0.2) is 0 Å². The van der Waals surface area contributed by atoms with Gasteiger partial charge in [-0.25, -0.2) is 0 Å². The lowest BCUT2D eigenvalue weighted by Gasteiger charge is -1.80. The van der Waals surface area contributed by atoms with E-state index in [4.69, 9.17) is 0 Å². The first-order valence-corrected chi connectivity index (χ1v) is 21.9. The van der Waals surface area contributed by atoms with Crippen LogP contribution in [0.25, 0.3) is 0 Å². The Labute approximate surface area is 358 Å². The molecule has 336 valence electrons. The van der Waals surface area contributed by atoms with E-state index in [1.807, 2.05) is 182 Å². The van der Waals surface area contributed by atoms with Gasteiger partial charge in [0.05, 0.1) is 0 Å². The Bertz CT molecular complexity index is 551. The molecule has 0 radical (unpaired) electrons. The predicted octanol–water partition coefficient (Wildman–Crippen LogP) is 22.4. The summed E-state index contributed by atoms with van der Waals surface area (Å²) < 4.78 is 0. The second-order valence-electron chi connectivity index (χ2n) is 11.9. The van der Waals surface area contributed by atoms with Crippen molar-refractivity contribution in [3.63, 3.8) is 0 Å². The van der Waals surface area contributed by atoms with Crippen molar-refractivity contribution < 1.29 is 0 Å². The largest absolute Gasteiger partial charge is 0.0919 e. The van der Waals surface area contributed by atoms with Gasteiger partial charge in [0.1, 0.15) is 0 Å². The Hall–Kier alpha value is -2.60. The van der Waals surface area contributed by atoms with E-state index in [9.17, 15) is 0 Å². The van der Waals surface area contributed by atoms with Gasteiger partial charge in [-0.1, -0.05) is 202 Å². The summed E-state index contributed by atoms with van der Waals surface area (Å²) in [6, 6.07) is 0. The Balaban J connectivity index is -0.0000000318. The van der Waals surface area contributed by atoms with E-state index in [2.05, 4.69) is 122 Å². The molecule has 0 heteroatoms. The molecule has 0 nitrogen and oxygen atoms in total. The van der Waals surface area contributed by atoms with Crippen molar-refractivity contribution in [3.8, 4) is 0 Å². The third kappa shape index (κ3) is 699. The average Bonchev–Trinajstić information content (AvgIpc) is 3.16. The van der Waals surface area contributed by atoms with Crippen molar-refractivity contribution in [1.29, 1.82) is 0 Å². The molecule has 0 fully saturated rings. The average molecular weight is 778 g/mol. The number of allylic oxidation sites excluding steroid dienone is 20. The van der Waals surface area contributed by atoms with E-state index in [0.29, 0.717) is 0 Å². The smallest absolute Gasteiger partial charge is 0.0377 e. The zero-order valence-electron chi connectivity index (χ0n) is 44.6. The second kappa shape index (κ2) is 151. The van der Waals surface area contributed by atoms with Crippen molar-refractivity contribution in [2.24, 2.45) is 0 Å². The third-order valence-corrected chi connectivity index (χ3v) is 4.17. The highest BCUT2D eigenvalue weighted by molar-refractivity contribution is 4.92. The summed E-state index contributed by atoms with van der Waals surface area (Å²) in [5.41, 5.74) is 4.24. The summed E-state index contributed by atoms with van der Waals surface area (Å²) in [7, 11) is 0. The van der Waals surface area contributed by atoms with Gasteiger partial charge in [0.25, 0.3) is 0 Å². The van der Waals surface area contributed by atoms with Crippen LogP contribution >= 0.6 is 0 Å². The molecule has 0 atom stereocenters. The highest BCUT2D eigenvalue weighted by Crippen LogP contribution is 1.90. The molecule has 0 bridgehead atoms. The molecule has 0 N–H and O–H groups in total. The lowest BCUT2D eigenvalue weighted by Crippen LogP contribution is -1.58. The quantitative estimate of drug-likeness (QED) is 0.250. The van der Waals surface area contributed by atoms with Crippen LogP contribution in [0.15, 0.2) is 120 Å². The van der Waals surface area contributed by atoms with Crippen LogP contribution in [0.3, 0.4) is 0 Å². The fraction of sp³-hybridized carbons (Fsp3) is 0.636. The van der Waals surface area contributed by atoms with Crippen molar-refractivity contribution in [2.45, 2.75) is 239 Å². The minimum atomic E-state index is 1.17. The highest BCUT2D eigenvalue weighted by atomic mass is 13.8. The Kier molecular flexibility index (Phi) is 245.